The van der Waals surface area contributed by atoms with Gasteiger partial charge < -0.3 is 0 Å². The fourth-order valence-corrected chi connectivity index (χ4v) is 4.05. The number of rotatable bonds is 3. The van der Waals surface area contributed by atoms with E-state index in [-0.39, 0.29) is 0 Å². The lowest BCUT2D eigenvalue weighted by Crippen LogP contribution is -2.42. The van der Waals surface area contributed by atoms with E-state index in [0.29, 0.717) is 6.04 Å². The summed E-state index contributed by atoms with van der Waals surface area (Å²) in [6.07, 6.45) is 0. The molecule has 0 spiro atoms. The molecule has 1 aromatic heterocycles. The Kier molecular flexibility index (Phi) is 4.31. The first-order valence-corrected chi connectivity index (χ1v) is 7.65. The topological polar surface area (TPSA) is 16.1 Å². The van der Waals surface area contributed by atoms with E-state index < -0.39 is 0 Å². The van der Waals surface area contributed by atoms with Gasteiger partial charge in [0, 0.05) is 41.0 Å². The fraction of sp³-hybridized carbons (Fsp3) is 0.700. The van der Waals surface area contributed by atoms with Crippen LogP contribution >= 0.6 is 34.7 Å². The highest BCUT2D eigenvalue weighted by Gasteiger charge is 2.22. The summed E-state index contributed by atoms with van der Waals surface area (Å²) < 4.78 is 0. The van der Waals surface area contributed by atoms with Crippen LogP contribution in [0.4, 0.5) is 0 Å². The molecule has 1 aliphatic rings. The van der Waals surface area contributed by atoms with Crippen molar-refractivity contribution in [3.63, 3.8) is 0 Å². The van der Waals surface area contributed by atoms with Crippen molar-refractivity contribution in [1.29, 1.82) is 0 Å². The van der Waals surface area contributed by atoms with Gasteiger partial charge in [-0.3, -0.25) is 4.90 Å². The molecule has 0 radical (unpaired) electrons. The number of halogens is 1. The summed E-state index contributed by atoms with van der Waals surface area (Å²) in [6, 6.07) is 0.523. The maximum absolute atomic E-state index is 5.97. The van der Waals surface area contributed by atoms with Gasteiger partial charge in [0.1, 0.15) is 5.01 Å². The van der Waals surface area contributed by atoms with Crippen molar-refractivity contribution in [3.8, 4) is 0 Å². The molecule has 1 fully saturated rings. The van der Waals surface area contributed by atoms with Crippen molar-refractivity contribution >= 4 is 34.7 Å². The highest BCUT2D eigenvalue weighted by molar-refractivity contribution is 7.99. The molecule has 2 heterocycles. The number of alkyl halides is 1. The maximum atomic E-state index is 5.97. The van der Waals surface area contributed by atoms with E-state index in [0.717, 1.165) is 30.4 Å². The molecule has 0 N–H and O–H groups in total. The van der Waals surface area contributed by atoms with Crippen LogP contribution in [0.2, 0.25) is 0 Å². The van der Waals surface area contributed by atoms with Gasteiger partial charge in [-0.05, 0) is 6.92 Å². The van der Waals surface area contributed by atoms with Gasteiger partial charge >= 0.3 is 0 Å². The van der Waals surface area contributed by atoms with Crippen LogP contribution in [0.25, 0.3) is 0 Å². The van der Waals surface area contributed by atoms with E-state index >= 15 is 0 Å². The average Bonchev–Trinajstić information content (AvgIpc) is 2.65. The van der Waals surface area contributed by atoms with Crippen LogP contribution in [0, 0.1) is 6.92 Å². The minimum absolute atomic E-state index is 0.523. The lowest BCUT2D eigenvalue weighted by molar-refractivity contribution is 0.226. The van der Waals surface area contributed by atoms with Crippen LogP contribution in [-0.4, -0.2) is 39.9 Å². The molecule has 0 saturated carbocycles. The number of aromatic nitrogens is 1. The minimum atomic E-state index is 0.523. The monoisotopic (exact) mass is 262 g/mol. The van der Waals surface area contributed by atoms with Gasteiger partial charge in [-0.1, -0.05) is 0 Å². The lowest BCUT2D eigenvalue weighted by Gasteiger charge is -2.33. The molecule has 15 heavy (non-hydrogen) atoms. The minimum Gasteiger partial charge on any atom is -0.291 e. The van der Waals surface area contributed by atoms with Crippen LogP contribution in [-0.2, 0) is 6.54 Å². The van der Waals surface area contributed by atoms with Crippen molar-refractivity contribution < 1.29 is 0 Å². The Balaban J connectivity index is 1.97. The Labute approximate surface area is 104 Å². The summed E-state index contributed by atoms with van der Waals surface area (Å²) in [5, 5.41) is 3.33. The summed E-state index contributed by atoms with van der Waals surface area (Å²) in [4.78, 5) is 6.96. The molecule has 1 aliphatic heterocycles. The summed E-state index contributed by atoms with van der Waals surface area (Å²) in [5.41, 5.74) is 1.13. The van der Waals surface area contributed by atoms with E-state index in [1.165, 1.54) is 10.8 Å². The van der Waals surface area contributed by atoms with E-state index in [9.17, 15) is 0 Å². The van der Waals surface area contributed by atoms with Gasteiger partial charge in [0.05, 0.1) is 6.54 Å². The Morgan fingerprint density at radius 2 is 2.53 bits per heavy atom. The molecule has 2 rings (SSSR count). The van der Waals surface area contributed by atoms with Gasteiger partial charge in [-0.2, -0.15) is 11.8 Å². The van der Waals surface area contributed by atoms with E-state index in [2.05, 4.69) is 15.3 Å². The van der Waals surface area contributed by atoms with Gasteiger partial charge in [0.2, 0.25) is 0 Å². The van der Waals surface area contributed by atoms with Gasteiger partial charge in [-0.15, -0.1) is 22.9 Å². The van der Waals surface area contributed by atoms with Gasteiger partial charge in [0.25, 0.3) is 0 Å². The molecule has 5 heteroatoms. The van der Waals surface area contributed by atoms with Gasteiger partial charge in [-0.25, -0.2) is 4.98 Å². The Morgan fingerprint density at radius 3 is 3.20 bits per heavy atom. The number of aryl methyl sites for hydroxylation is 1. The van der Waals surface area contributed by atoms with Crippen LogP contribution < -0.4 is 0 Å². The highest BCUT2D eigenvalue weighted by atomic mass is 35.5. The third kappa shape index (κ3) is 3.09. The zero-order valence-electron chi connectivity index (χ0n) is 8.78. The predicted octanol–water partition coefficient (Wildman–Crippen LogP) is 2.61. The average molecular weight is 263 g/mol. The van der Waals surface area contributed by atoms with Crippen molar-refractivity contribution in [2.24, 2.45) is 0 Å². The summed E-state index contributed by atoms with van der Waals surface area (Å²) >= 11 is 9.73. The molecule has 0 aliphatic carbocycles. The molecule has 1 aromatic rings. The van der Waals surface area contributed by atoms with Crippen LogP contribution in [0.5, 0.6) is 0 Å². The number of thioether (sulfide) groups is 1. The largest absolute Gasteiger partial charge is 0.291 e. The fourth-order valence-electron chi connectivity index (χ4n) is 1.69. The molecule has 84 valence electrons. The van der Waals surface area contributed by atoms with Crippen LogP contribution in [0.3, 0.4) is 0 Å². The van der Waals surface area contributed by atoms with E-state index in [1.54, 1.807) is 11.3 Å². The van der Waals surface area contributed by atoms with Crippen molar-refractivity contribution in [1.82, 2.24) is 9.88 Å². The molecule has 0 bridgehead atoms. The Morgan fingerprint density at radius 1 is 1.67 bits per heavy atom. The number of hydrogen-bond acceptors (Lipinski definition) is 4. The summed E-state index contributed by atoms with van der Waals surface area (Å²) in [7, 11) is 0. The van der Waals surface area contributed by atoms with Crippen molar-refractivity contribution in [2.45, 2.75) is 19.5 Å². The zero-order chi connectivity index (χ0) is 10.7. The quantitative estimate of drug-likeness (QED) is 0.779. The zero-order valence-corrected chi connectivity index (χ0v) is 11.2. The molecule has 0 aromatic carbocycles. The van der Waals surface area contributed by atoms with Crippen LogP contribution in [0.15, 0.2) is 5.38 Å². The first kappa shape index (κ1) is 11.7. The third-order valence-corrected chi connectivity index (χ3v) is 4.93. The molecule has 1 saturated heterocycles. The normalized spacial score (nSPS) is 23.2. The molecule has 0 amide bonds. The molecule has 1 atom stereocenters. The number of nitrogens with zero attached hydrogens (tertiary/aromatic N) is 2. The van der Waals surface area contributed by atoms with Crippen molar-refractivity contribution in [3.05, 3.63) is 16.1 Å². The maximum Gasteiger partial charge on any atom is 0.107 e. The van der Waals surface area contributed by atoms with Crippen molar-refractivity contribution in [2.75, 3.05) is 23.9 Å². The first-order valence-electron chi connectivity index (χ1n) is 5.08. The second-order valence-corrected chi connectivity index (χ2v) is 6.14. The summed E-state index contributed by atoms with van der Waals surface area (Å²) in [6.45, 7) is 4.15. The summed E-state index contributed by atoms with van der Waals surface area (Å²) in [5.74, 6) is 3.11. The smallest absolute Gasteiger partial charge is 0.107 e. The number of hydrogen-bond donors (Lipinski definition) is 0. The second kappa shape index (κ2) is 5.53. The molecular formula is C10H15ClN2S2. The SMILES string of the molecule is Cc1csc(CN2CCSCC2CCl)n1. The third-order valence-electron chi connectivity index (χ3n) is 2.53. The standard InChI is InChI=1S/C10H15ClN2S2/c1-8-6-15-10(12-8)5-13-2-3-14-7-9(13)4-11/h6,9H,2-5,7H2,1H3. The Hall–Kier alpha value is 0.230. The predicted molar refractivity (Wildman–Crippen MR) is 69.1 cm³/mol. The first-order chi connectivity index (χ1) is 7.29. The molecular weight excluding hydrogens is 248 g/mol. The Bertz CT molecular complexity index is 316. The molecule has 1 unspecified atom stereocenters. The molecule has 2 nitrogen and oxygen atoms in total. The highest BCUT2D eigenvalue weighted by Crippen LogP contribution is 2.21. The second-order valence-electron chi connectivity index (χ2n) is 3.74. The number of thiazole rings is 1. The van der Waals surface area contributed by atoms with Gasteiger partial charge in [0.15, 0.2) is 0 Å². The van der Waals surface area contributed by atoms with E-state index in [1.807, 2.05) is 18.7 Å². The van der Waals surface area contributed by atoms with Crippen LogP contribution in [0.1, 0.15) is 10.7 Å². The van der Waals surface area contributed by atoms with E-state index in [4.69, 9.17) is 11.6 Å². The lowest BCUT2D eigenvalue weighted by atomic mass is 10.3.